The quantitative estimate of drug-likeness (QED) is 0.358. The monoisotopic (exact) mass is 486 g/mol. The smallest absolute Gasteiger partial charge is 0.269 e. The number of likely N-dealkylation sites (N-methyl/N-ethyl adjacent to an activating group) is 1. The van der Waals surface area contributed by atoms with Crippen molar-refractivity contribution in [1.82, 2.24) is 9.80 Å². The van der Waals surface area contributed by atoms with Gasteiger partial charge in [0.25, 0.3) is 11.6 Å². The van der Waals surface area contributed by atoms with Gasteiger partial charge < -0.3 is 15.5 Å². The first kappa shape index (κ1) is 27.1. The molecular formula is C27H42N4O4. The molecule has 2 aliphatic carbocycles. The topological polar surface area (TPSA) is 110 Å². The molecule has 0 heterocycles. The highest BCUT2D eigenvalue weighted by Crippen LogP contribution is 2.47. The Kier molecular flexibility index (Phi) is 9.66. The van der Waals surface area contributed by atoms with Crippen molar-refractivity contribution < 1.29 is 14.5 Å². The number of hydrogen-bond donors (Lipinski definition) is 1. The summed E-state index contributed by atoms with van der Waals surface area (Å²) in [7, 11) is 0. The van der Waals surface area contributed by atoms with Gasteiger partial charge in [0, 0.05) is 30.8 Å². The third-order valence-electron chi connectivity index (χ3n) is 8.40. The molecule has 0 aromatic heterocycles. The summed E-state index contributed by atoms with van der Waals surface area (Å²) in [5.41, 5.74) is 5.62. The Bertz CT molecular complexity index is 838. The first-order valence-corrected chi connectivity index (χ1v) is 13.4. The van der Waals surface area contributed by atoms with Crippen LogP contribution >= 0.6 is 0 Å². The van der Waals surface area contributed by atoms with Crippen molar-refractivity contribution in [3.63, 3.8) is 0 Å². The normalized spacial score (nSPS) is 17.9. The van der Waals surface area contributed by atoms with Gasteiger partial charge in [0.1, 0.15) is 5.54 Å². The third kappa shape index (κ3) is 5.85. The molecule has 2 saturated carbocycles. The predicted molar refractivity (Wildman–Crippen MR) is 137 cm³/mol. The largest absolute Gasteiger partial charge is 0.368 e. The number of carbonyl (C=O) groups excluding carboxylic acids is 2. The number of nitrogens with zero attached hydrogens (tertiary/aromatic N) is 3. The Morgan fingerprint density at radius 3 is 1.80 bits per heavy atom. The lowest BCUT2D eigenvalue weighted by atomic mass is 9.62. The number of non-ortho nitro benzene ring substituents is 1. The van der Waals surface area contributed by atoms with E-state index in [2.05, 4.69) is 18.7 Å². The molecule has 0 radical (unpaired) electrons. The van der Waals surface area contributed by atoms with Gasteiger partial charge in [-0.05, 0) is 62.7 Å². The van der Waals surface area contributed by atoms with Crippen molar-refractivity contribution >= 4 is 17.5 Å². The van der Waals surface area contributed by atoms with E-state index in [1.807, 2.05) is 0 Å². The molecule has 194 valence electrons. The summed E-state index contributed by atoms with van der Waals surface area (Å²) in [5, 5.41) is 11.2. The fourth-order valence-corrected chi connectivity index (χ4v) is 6.51. The van der Waals surface area contributed by atoms with Crippen LogP contribution in [-0.4, -0.2) is 58.3 Å². The highest BCUT2D eigenvalue weighted by atomic mass is 16.6. The van der Waals surface area contributed by atoms with Crippen LogP contribution in [0.15, 0.2) is 24.3 Å². The zero-order chi connectivity index (χ0) is 25.4. The molecule has 0 bridgehead atoms. The molecule has 2 fully saturated rings. The molecule has 8 heteroatoms. The van der Waals surface area contributed by atoms with E-state index < -0.39 is 10.5 Å². The fraction of sp³-hybridized carbons (Fsp3) is 0.704. The molecule has 1 aromatic carbocycles. The van der Waals surface area contributed by atoms with Crippen LogP contribution in [0.25, 0.3) is 0 Å². The third-order valence-corrected chi connectivity index (χ3v) is 8.40. The van der Waals surface area contributed by atoms with Crippen molar-refractivity contribution in [2.45, 2.75) is 83.6 Å². The number of nitro groups is 1. The molecule has 2 N–H and O–H groups in total. The van der Waals surface area contributed by atoms with Crippen LogP contribution in [0.5, 0.6) is 0 Å². The summed E-state index contributed by atoms with van der Waals surface area (Å²) in [4.78, 5) is 42.6. The Hall–Kier alpha value is -2.48. The van der Waals surface area contributed by atoms with Crippen LogP contribution < -0.4 is 5.73 Å². The minimum absolute atomic E-state index is 0.0375. The van der Waals surface area contributed by atoms with Crippen LogP contribution in [-0.2, 0) is 4.79 Å². The number of rotatable bonds is 11. The number of carbonyl (C=O) groups is 2. The summed E-state index contributed by atoms with van der Waals surface area (Å²) in [6.07, 6.45) is 10.1. The lowest BCUT2D eigenvalue weighted by Crippen LogP contribution is -2.69. The summed E-state index contributed by atoms with van der Waals surface area (Å²) in [6, 6.07) is 5.75. The molecule has 3 rings (SSSR count). The Balaban J connectivity index is 2.10. The van der Waals surface area contributed by atoms with Crippen molar-refractivity contribution in [2.24, 2.45) is 17.6 Å². The molecule has 1 aromatic rings. The van der Waals surface area contributed by atoms with Crippen LogP contribution in [0.2, 0.25) is 0 Å². The molecule has 2 aliphatic rings. The average molecular weight is 487 g/mol. The van der Waals surface area contributed by atoms with Crippen LogP contribution in [0.4, 0.5) is 5.69 Å². The maximum absolute atomic E-state index is 14.2. The standard InChI is InChI=1S/C27H42N4O4/c1-3-29(4-2)19-20-30(25(32)21-15-17-24(18-16-21)31(34)35)27(26(28)33,22-11-7-5-8-12-22)23-13-9-6-10-14-23/h15-18,22-23H,3-14,19-20H2,1-2H3,(H2,28,33). The lowest BCUT2D eigenvalue weighted by Gasteiger charge is -2.53. The van der Waals surface area contributed by atoms with E-state index in [4.69, 9.17) is 5.73 Å². The van der Waals surface area contributed by atoms with Crippen LogP contribution in [0.3, 0.4) is 0 Å². The van der Waals surface area contributed by atoms with Crippen molar-refractivity contribution in [1.29, 1.82) is 0 Å². The first-order chi connectivity index (χ1) is 16.9. The van der Waals surface area contributed by atoms with Gasteiger partial charge in [-0.3, -0.25) is 19.7 Å². The summed E-state index contributed by atoms with van der Waals surface area (Å²) < 4.78 is 0. The highest BCUT2D eigenvalue weighted by molar-refractivity contribution is 5.99. The van der Waals surface area contributed by atoms with Gasteiger partial charge in [-0.1, -0.05) is 52.4 Å². The molecule has 2 amide bonds. The van der Waals surface area contributed by atoms with E-state index in [0.29, 0.717) is 18.7 Å². The van der Waals surface area contributed by atoms with Crippen molar-refractivity contribution in [3.8, 4) is 0 Å². The van der Waals surface area contributed by atoms with Crippen LogP contribution in [0.1, 0.15) is 88.4 Å². The first-order valence-electron chi connectivity index (χ1n) is 13.4. The SMILES string of the molecule is CCN(CC)CCN(C(=O)c1ccc([N+](=O)[O-])cc1)C(C(N)=O)(C1CCCCC1)C1CCCCC1. The molecule has 0 spiro atoms. The minimum Gasteiger partial charge on any atom is -0.368 e. The lowest BCUT2D eigenvalue weighted by molar-refractivity contribution is -0.384. The zero-order valence-corrected chi connectivity index (χ0v) is 21.4. The van der Waals surface area contributed by atoms with E-state index in [9.17, 15) is 19.7 Å². The average Bonchev–Trinajstić information content (AvgIpc) is 2.89. The number of amides is 2. The molecule has 0 atom stereocenters. The number of hydrogen-bond acceptors (Lipinski definition) is 5. The second kappa shape index (κ2) is 12.5. The van der Waals surface area contributed by atoms with Crippen LogP contribution in [0, 0.1) is 22.0 Å². The number of benzene rings is 1. The zero-order valence-electron chi connectivity index (χ0n) is 21.4. The van der Waals surface area contributed by atoms with Gasteiger partial charge in [0.2, 0.25) is 5.91 Å². The fourth-order valence-electron chi connectivity index (χ4n) is 6.51. The summed E-state index contributed by atoms with van der Waals surface area (Å²) in [5.74, 6) is -0.556. The van der Waals surface area contributed by atoms with E-state index in [1.54, 1.807) is 4.90 Å². The highest BCUT2D eigenvalue weighted by Gasteiger charge is 2.55. The van der Waals surface area contributed by atoms with E-state index in [-0.39, 0.29) is 29.3 Å². The molecular weight excluding hydrogens is 444 g/mol. The Labute approximate surface area is 209 Å². The summed E-state index contributed by atoms with van der Waals surface area (Å²) in [6.45, 7) is 6.96. The van der Waals surface area contributed by atoms with E-state index in [0.717, 1.165) is 77.3 Å². The van der Waals surface area contributed by atoms with Gasteiger partial charge in [0.05, 0.1) is 4.92 Å². The van der Waals surface area contributed by atoms with E-state index >= 15 is 0 Å². The summed E-state index contributed by atoms with van der Waals surface area (Å²) >= 11 is 0. The Morgan fingerprint density at radius 2 is 1.40 bits per heavy atom. The maximum Gasteiger partial charge on any atom is 0.269 e. The van der Waals surface area contributed by atoms with Gasteiger partial charge >= 0.3 is 0 Å². The Morgan fingerprint density at radius 1 is 0.914 bits per heavy atom. The van der Waals surface area contributed by atoms with Crippen molar-refractivity contribution in [3.05, 3.63) is 39.9 Å². The number of nitrogens with two attached hydrogens (primary N) is 1. The second-order valence-corrected chi connectivity index (χ2v) is 10.1. The van der Waals surface area contributed by atoms with Gasteiger partial charge in [-0.2, -0.15) is 0 Å². The molecule has 8 nitrogen and oxygen atoms in total. The number of nitro benzene ring substituents is 1. The van der Waals surface area contributed by atoms with E-state index in [1.165, 1.54) is 24.3 Å². The number of primary amides is 1. The van der Waals surface area contributed by atoms with Gasteiger partial charge in [-0.25, -0.2) is 0 Å². The van der Waals surface area contributed by atoms with Crippen molar-refractivity contribution in [2.75, 3.05) is 26.2 Å². The van der Waals surface area contributed by atoms with Gasteiger partial charge in [-0.15, -0.1) is 0 Å². The molecule has 35 heavy (non-hydrogen) atoms. The molecule has 0 saturated heterocycles. The second-order valence-electron chi connectivity index (χ2n) is 10.1. The maximum atomic E-state index is 14.2. The molecule has 0 aliphatic heterocycles. The molecule has 0 unspecified atom stereocenters. The minimum atomic E-state index is -1.03. The van der Waals surface area contributed by atoms with Gasteiger partial charge in [0.15, 0.2) is 0 Å². The predicted octanol–water partition coefficient (Wildman–Crippen LogP) is 4.76.